The Labute approximate surface area is 111 Å². The Bertz CT molecular complexity index is 350. The van der Waals surface area contributed by atoms with Gasteiger partial charge in [0.1, 0.15) is 0 Å². The molecule has 0 aliphatic rings. The van der Waals surface area contributed by atoms with Crippen LogP contribution >= 0.6 is 15.9 Å². The molecule has 0 atom stereocenters. The Morgan fingerprint density at radius 3 is 2.71 bits per heavy atom. The molecule has 0 bridgehead atoms. The minimum absolute atomic E-state index is 0.234. The second-order valence-electron chi connectivity index (χ2n) is 4.06. The summed E-state index contributed by atoms with van der Waals surface area (Å²) in [5.74, 6) is -0.234. The van der Waals surface area contributed by atoms with Crippen molar-refractivity contribution in [3.05, 3.63) is 34.3 Å². The molecule has 0 heterocycles. The molecule has 0 amide bonds. The highest BCUT2D eigenvalue weighted by Gasteiger charge is 2.06. The molecular weight excluding hydrogens is 280 g/mol. The van der Waals surface area contributed by atoms with Crippen LogP contribution in [0.4, 0.5) is 0 Å². The first-order valence-corrected chi connectivity index (χ1v) is 6.96. The van der Waals surface area contributed by atoms with E-state index in [-0.39, 0.29) is 5.97 Å². The van der Waals surface area contributed by atoms with Crippen LogP contribution in [0.15, 0.2) is 28.7 Å². The van der Waals surface area contributed by atoms with Gasteiger partial charge in [0, 0.05) is 4.47 Å². The minimum atomic E-state index is -0.234. The highest BCUT2D eigenvalue weighted by molar-refractivity contribution is 9.10. The summed E-state index contributed by atoms with van der Waals surface area (Å²) in [6, 6.07) is 7.27. The number of carbonyl (C=O) groups is 1. The summed E-state index contributed by atoms with van der Waals surface area (Å²) in [6.45, 7) is 2.71. The zero-order valence-corrected chi connectivity index (χ0v) is 11.8. The van der Waals surface area contributed by atoms with Gasteiger partial charge in [0.05, 0.1) is 12.2 Å². The largest absolute Gasteiger partial charge is 0.462 e. The van der Waals surface area contributed by atoms with Gasteiger partial charge in [-0.05, 0) is 24.6 Å². The van der Waals surface area contributed by atoms with Gasteiger partial charge in [-0.25, -0.2) is 4.79 Å². The van der Waals surface area contributed by atoms with Crippen molar-refractivity contribution in [3.8, 4) is 0 Å². The number of benzene rings is 1. The van der Waals surface area contributed by atoms with Crippen molar-refractivity contribution in [2.75, 3.05) is 6.61 Å². The predicted octanol–water partition coefficient (Wildman–Crippen LogP) is 4.58. The third-order valence-electron chi connectivity index (χ3n) is 2.54. The fourth-order valence-electron chi connectivity index (χ4n) is 1.57. The Morgan fingerprint density at radius 1 is 1.24 bits per heavy atom. The second-order valence-corrected chi connectivity index (χ2v) is 4.98. The first kappa shape index (κ1) is 14.2. The monoisotopic (exact) mass is 298 g/mol. The maximum atomic E-state index is 11.6. The van der Waals surface area contributed by atoms with E-state index in [9.17, 15) is 4.79 Å². The molecule has 0 fully saturated rings. The normalized spacial score (nSPS) is 10.2. The fourth-order valence-corrected chi connectivity index (χ4v) is 1.97. The maximum absolute atomic E-state index is 11.6. The molecule has 0 unspecified atom stereocenters. The predicted molar refractivity (Wildman–Crippen MR) is 73.2 cm³/mol. The Hall–Kier alpha value is -0.830. The van der Waals surface area contributed by atoms with Crippen molar-refractivity contribution < 1.29 is 9.53 Å². The van der Waals surface area contributed by atoms with E-state index in [2.05, 4.69) is 22.9 Å². The SMILES string of the molecule is CCCCCCCOC(=O)c1cccc(Br)c1. The van der Waals surface area contributed by atoms with Crippen LogP contribution in [0, 0.1) is 0 Å². The lowest BCUT2D eigenvalue weighted by molar-refractivity contribution is 0.0497. The third kappa shape index (κ3) is 5.87. The van der Waals surface area contributed by atoms with E-state index >= 15 is 0 Å². The molecule has 0 radical (unpaired) electrons. The van der Waals surface area contributed by atoms with Crippen LogP contribution < -0.4 is 0 Å². The lowest BCUT2D eigenvalue weighted by Crippen LogP contribution is -2.06. The van der Waals surface area contributed by atoms with Gasteiger partial charge in [-0.15, -0.1) is 0 Å². The van der Waals surface area contributed by atoms with Crippen molar-refractivity contribution in [3.63, 3.8) is 0 Å². The van der Waals surface area contributed by atoms with E-state index in [1.54, 1.807) is 12.1 Å². The Morgan fingerprint density at radius 2 is 2.00 bits per heavy atom. The van der Waals surface area contributed by atoms with Crippen LogP contribution in [-0.2, 0) is 4.74 Å². The van der Waals surface area contributed by atoms with E-state index in [0.717, 1.165) is 17.3 Å². The highest BCUT2D eigenvalue weighted by Crippen LogP contribution is 2.12. The van der Waals surface area contributed by atoms with Gasteiger partial charge in [-0.3, -0.25) is 0 Å². The smallest absolute Gasteiger partial charge is 0.338 e. The molecule has 0 saturated heterocycles. The molecule has 0 spiro atoms. The van der Waals surface area contributed by atoms with Crippen LogP contribution in [0.3, 0.4) is 0 Å². The first-order chi connectivity index (χ1) is 8.24. The number of rotatable bonds is 7. The van der Waals surface area contributed by atoms with E-state index in [4.69, 9.17) is 4.74 Å². The Kier molecular flexibility index (Phi) is 6.94. The van der Waals surface area contributed by atoms with Gasteiger partial charge in [0.25, 0.3) is 0 Å². The zero-order chi connectivity index (χ0) is 12.5. The van der Waals surface area contributed by atoms with E-state index < -0.39 is 0 Å². The van der Waals surface area contributed by atoms with Gasteiger partial charge in [0.2, 0.25) is 0 Å². The van der Waals surface area contributed by atoms with Crippen LogP contribution in [0.5, 0.6) is 0 Å². The number of unbranched alkanes of at least 4 members (excludes halogenated alkanes) is 4. The molecular formula is C14H19BrO2. The lowest BCUT2D eigenvalue weighted by Gasteiger charge is -2.05. The average Bonchev–Trinajstić information content (AvgIpc) is 2.33. The molecule has 0 saturated carbocycles. The van der Waals surface area contributed by atoms with Gasteiger partial charge in [0.15, 0.2) is 0 Å². The zero-order valence-electron chi connectivity index (χ0n) is 10.2. The third-order valence-corrected chi connectivity index (χ3v) is 3.03. The topological polar surface area (TPSA) is 26.3 Å². The highest BCUT2D eigenvalue weighted by atomic mass is 79.9. The number of esters is 1. The van der Waals surface area contributed by atoms with Crippen molar-refractivity contribution in [2.45, 2.75) is 39.0 Å². The van der Waals surface area contributed by atoms with Crippen molar-refractivity contribution in [2.24, 2.45) is 0 Å². The van der Waals surface area contributed by atoms with Crippen LogP contribution in [0.25, 0.3) is 0 Å². The second kappa shape index (κ2) is 8.29. The molecule has 1 aromatic carbocycles. The summed E-state index contributed by atoms with van der Waals surface area (Å²) in [4.78, 5) is 11.6. The summed E-state index contributed by atoms with van der Waals surface area (Å²) in [7, 11) is 0. The standard InChI is InChI=1S/C14H19BrO2/c1-2-3-4-5-6-10-17-14(16)12-8-7-9-13(15)11-12/h7-9,11H,2-6,10H2,1H3. The molecule has 1 aromatic rings. The van der Waals surface area contributed by atoms with Crippen LogP contribution in [0.1, 0.15) is 49.4 Å². The lowest BCUT2D eigenvalue weighted by atomic mass is 10.2. The maximum Gasteiger partial charge on any atom is 0.338 e. The summed E-state index contributed by atoms with van der Waals surface area (Å²) >= 11 is 3.33. The van der Waals surface area contributed by atoms with E-state index in [1.807, 2.05) is 12.1 Å². The van der Waals surface area contributed by atoms with Crippen molar-refractivity contribution in [1.82, 2.24) is 0 Å². The molecule has 0 N–H and O–H groups in total. The molecule has 0 aliphatic carbocycles. The number of ether oxygens (including phenoxy) is 1. The first-order valence-electron chi connectivity index (χ1n) is 6.16. The average molecular weight is 299 g/mol. The van der Waals surface area contributed by atoms with E-state index in [1.165, 1.54) is 19.3 Å². The summed E-state index contributed by atoms with van der Waals surface area (Å²) in [5.41, 5.74) is 0.605. The van der Waals surface area contributed by atoms with Crippen LogP contribution in [-0.4, -0.2) is 12.6 Å². The van der Waals surface area contributed by atoms with Crippen LogP contribution in [0.2, 0.25) is 0 Å². The van der Waals surface area contributed by atoms with Gasteiger partial charge < -0.3 is 4.74 Å². The number of carbonyl (C=O) groups excluding carboxylic acids is 1. The molecule has 17 heavy (non-hydrogen) atoms. The molecule has 2 nitrogen and oxygen atoms in total. The van der Waals surface area contributed by atoms with Gasteiger partial charge in [-0.1, -0.05) is 54.6 Å². The molecule has 94 valence electrons. The quantitative estimate of drug-likeness (QED) is 0.544. The van der Waals surface area contributed by atoms with Gasteiger partial charge in [-0.2, -0.15) is 0 Å². The van der Waals surface area contributed by atoms with Crippen molar-refractivity contribution >= 4 is 21.9 Å². The number of hydrogen-bond donors (Lipinski definition) is 0. The molecule has 1 rings (SSSR count). The Balaban J connectivity index is 2.21. The minimum Gasteiger partial charge on any atom is -0.462 e. The summed E-state index contributed by atoms with van der Waals surface area (Å²) in [5, 5.41) is 0. The van der Waals surface area contributed by atoms with Crippen molar-refractivity contribution in [1.29, 1.82) is 0 Å². The molecule has 0 aliphatic heterocycles. The van der Waals surface area contributed by atoms with Gasteiger partial charge >= 0.3 is 5.97 Å². The summed E-state index contributed by atoms with van der Waals surface area (Å²) in [6.07, 6.45) is 5.82. The summed E-state index contributed by atoms with van der Waals surface area (Å²) < 4.78 is 6.10. The fraction of sp³-hybridized carbons (Fsp3) is 0.500. The molecule has 0 aromatic heterocycles. The van der Waals surface area contributed by atoms with E-state index in [0.29, 0.717) is 12.2 Å². The number of halogens is 1. The molecule has 3 heteroatoms. The number of hydrogen-bond acceptors (Lipinski definition) is 2.